The number of methoxy groups -OCH3 is 2. The van der Waals surface area contributed by atoms with Crippen molar-refractivity contribution in [2.24, 2.45) is 0 Å². The molecule has 4 atom stereocenters. The summed E-state index contributed by atoms with van der Waals surface area (Å²) in [4.78, 5) is 30.5. The minimum atomic E-state index is -3.58. The largest absolute Gasteiger partial charge is 0.497 e. The van der Waals surface area contributed by atoms with E-state index in [4.69, 9.17) is 32.5 Å². The van der Waals surface area contributed by atoms with Gasteiger partial charge in [0, 0.05) is 0 Å². The number of hydrogen-bond donors (Lipinski definition) is 1. The lowest BCUT2D eigenvalue weighted by Crippen LogP contribution is -2.72. The predicted octanol–water partition coefficient (Wildman–Crippen LogP) is 9.42. The van der Waals surface area contributed by atoms with Crippen molar-refractivity contribution in [1.29, 1.82) is 0 Å². The summed E-state index contributed by atoms with van der Waals surface area (Å²) in [5.41, 5.74) is -1.40. The van der Waals surface area contributed by atoms with Crippen LogP contribution < -0.4 is 46.2 Å². The van der Waals surface area contributed by atoms with Gasteiger partial charge in [-0.3, -0.25) is 9.78 Å². The number of aromatic amines is 1. The van der Waals surface area contributed by atoms with Crippen molar-refractivity contribution in [3.63, 3.8) is 0 Å². The Bertz CT molecular complexity index is 3280. The lowest BCUT2D eigenvalue weighted by molar-refractivity contribution is -0.173. The van der Waals surface area contributed by atoms with Gasteiger partial charge in [-0.25, -0.2) is 9.36 Å². The van der Waals surface area contributed by atoms with Crippen molar-refractivity contribution in [3.8, 4) is 17.4 Å². The summed E-state index contributed by atoms with van der Waals surface area (Å²) in [6, 6.07) is 67.9. The van der Waals surface area contributed by atoms with Gasteiger partial charge in [-0.2, -0.15) is 0 Å². The van der Waals surface area contributed by atoms with E-state index in [1.54, 1.807) is 21.1 Å². The van der Waals surface area contributed by atoms with Crippen molar-refractivity contribution in [3.05, 3.63) is 243 Å². The van der Waals surface area contributed by atoms with Crippen molar-refractivity contribution >= 4 is 37.4 Å². The summed E-state index contributed by atoms with van der Waals surface area (Å²) < 4.78 is 52.4. The van der Waals surface area contributed by atoms with Gasteiger partial charge in [-0.15, -0.1) is 0 Å². The van der Waals surface area contributed by atoms with E-state index in [1.807, 2.05) is 91.0 Å². The first-order chi connectivity index (χ1) is 37.0. The van der Waals surface area contributed by atoms with E-state index < -0.39 is 67.6 Å². The summed E-state index contributed by atoms with van der Waals surface area (Å²) in [5, 5.41) is 3.19. The quantitative estimate of drug-likeness (QED) is 0.0703. The second-order valence-corrected chi connectivity index (χ2v) is 30.7. The lowest BCUT2D eigenvalue weighted by Gasteiger charge is -2.50. The number of benzene rings is 7. The van der Waals surface area contributed by atoms with E-state index in [-0.39, 0.29) is 24.7 Å². The van der Waals surface area contributed by atoms with Gasteiger partial charge in [0.05, 0.1) is 33.0 Å². The molecule has 1 fully saturated rings. The Morgan fingerprint density at radius 2 is 0.948 bits per heavy atom. The van der Waals surface area contributed by atoms with E-state index in [2.05, 4.69) is 156 Å². The third-order valence-electron chi connectivity index (χ3n) is 15.7. The Labute approximate surface area is 453 Å². The topological polar surface area (TPSA) is 119 Å². The van der Waals surface area contributed by atoms with Gasteiger partial charge >= 0.3 is 5.69 Å². The normalized spacial score (nSPS) is 18.5. The van der Waals surface area contributed by atoms with E-state index in [1.165, 1.54) is 4.57 Å². The fourth-order valence-electron chi connectivity index (χ4n) is 11.9. The van der Waals surface area contributed by atoms with Crippen LogP contribution in [-0.4, -0.2) is 71.4 Å². The standard InChI is InChI=1S/C64H68N2O9Si2/c1-45-57(67)65-60(68)66-58(45)73-55-56(75-77(62(5,6)7,53-31-21-13-22-32-53)54-33-23-14-24-34-54)63(74-59(55)66,44-72-76(61(2,3)4,51-27-17-11-18-28-51)52-29-19-12-20-30-52)43-71-64(46-25-15-10-16-26-46,47-35-39-49(69-8)40-36-47)48-37-41-50(70-9)42-38-48/h10-42,55-56,59H,43-44H2,1-9H3,(H,65,67,68)/t55-,56+,59+,63+/m0/s1. The Balaban J connectivity index is 1.28. The van der Waals surface area contributed by atoms with Crippen LogP contribution in [0.2, 0.25) is 10.1 Å². The Hall–Kier alpha value is -7.11. The molecular formula is C64H68N2O9Si2. The third-order valence-corrected chi connectivity index (χ3v) is 25.6. The van der Waals surface area contributed by atoms with Gasteiger partial charge in [0.2, 0.25) is 5.88 Å². The molecule has 0 bridgehead atoms. The van der Waals surface area contributed by atoms with Crippen LogP contribution in [0.25, 0.3) is 0 Å². The molecule has 8 aromatic rings. The first kappa shape index (κ1) is 53.3. The molecule has 11 nitrogen and oxygen atoms in total. The molecule has 0 saturated carbocycles. The molecule has 2 aliphatic rings. The van der Waals surface area contributed by atoms with Crippen molar-refractivity contribution < 1.29 is 32.5 Å². The highest BCUT2D eigenvalue weighted by atomic mass is 28.4. The number of fused-ring (bicyclic) bond motifs is 3. The van der Waals surface area contributed by atoms with Crippen LogP contribution in [0, 0.1) is 6.92 Å². The first-order valence-electron chi connectivity index (χ1n) is 26.3. The lowest BCUT2D eigenvalue weighted by atomic mass is 9.79. The molecule has 1 aromatic heterocycles. The van der Waals surface area contributed by atoms with Crippen LogP contribution >= 0.6 is 0 Å². The third kappa shape index (κ3) is 9.22. The van der Waals surface area contributed by atoms with Crippen LogP contribution in [-0.2, 0) is 23.9 Å². The minimum Gasteiger partial charge on any atom is -0.497 e. The molecule has 77 heavy (non-hydrogen) atoms. The zero-order chi connectivity index (χ0) is 54.2. The van der Waals surface area contributed by atoms with E-state index >= 15 is 0 Å². The van der Waals surface area contributed by atoms with Crippen molar-refractivity contribution in [2.75, 3.05) is 27.4 Å². The highest BCUT2D eigenvalue weighted by Crippen LogP contribution is 2.52. The average Bonchev–Trinajstić information content (AvgIpc) is 4.19. The number of nitrogens with one attached hydrogen (secondary N) is 1. The maximum absolute atomic E-state index is 14.5. The zero-order valence-corrected chi connectivity index (χ0v) is 47.3. The average molecular weight is 1070 g/mol. The summed E-state index contributed by atoms with van der Waals surface area (Å²) in [6.45, 7) is 14.8. The van der Waals surface area contributed by atoms with Gasteiger partial charge in [-0.05, 0) is 78.7 Å². The minimum absolute atomic E-state index is 0.0813. The summed E-state index contributed by atoms with van der Waals surface area (Å²) >= 11 is 0. The molecule has 3 heterocycles. The molecule has 0 aliphatic carbocycles. The Morgan fingerprint density at radius 3 is 1.36 bits per heavy atom. The maximum Gasteiger partial charge on any atom is 0.333 e. The second-order valence-electron chi connectivity index (χ2n) is 22.2. The molecule has 0 radical (unpaired) electrons. The van der Waals surface area contributed by atoms with Crippen LogP contribution in [0.4, 0.5) is 0 Å². The van der Waals surface area contributed by atoms with E-state index in [9.17, 15) is 9.59 Å². The van der Waals surface area contributed by atoms with Crippen molar-refractivity contribution in [2.45, 2.75) is 88.2 Å². The molecule has 1 N–H and O–H groups in total. The van der Waals surface area contributed by atoms with Crippen LogP contribution in [0.15, 0.2) is 210 Å². The number of hydrogen-bond acceptors (Lipinski definition) is 9. The number of rotatable bonds is 17. The van der Waals surface area contributed by atoms with Crippen LogP contribution in [0.1, 0.15) is 70.0 Å². The summed E-state index contributed by atoms with van der Waals surface area (Å²) in [5.74, 6) is 1.49. The first-order valence-corrected chi connectivity index (χ1v) is 30.1. The highest BCUT2D eigenvalue weighted by Gasteiger charge is 2.67. The molecule has 7 aromatic carbocycles. The smallest absolute Gasteiger partial charge is 0.333 e. The fourth-order valence-corrected chi connectivity index (χ4v) is 21.3. The summed E-state index contributed by atoms with van der Waals surface area (Å²) in [6.07, 6.45) is -3.13. The molecule has 13 heteroatoms. The van der Waals surface area contributed by atoms with Gasteiger partial charge in [0.15, 0.2) is 12.3 Å². The van der Waals surface area contributed by atoms with Gasteiger partial charge in [0.1, 0.15) is 28.8 Å². The molecule has 1 saturated heterocycles. The van der Waals surface area contributed by atoms with Crippen molar-refractivity contribution in [1.82, 2.24) is 9.55 Å². The fraction of sp³-hybridized carbons (Fsp3) is 0.281. The molecule has 396 valence electrons. The summed E-state index contributed by atoms with van der Waals surface area (Å²) in [7, 11) is -3.68. The Morgan fingerprint density at radius 1 is 0.545 bits per heavy atom. The maximum atomic E-state index is 14.5. The SMILES string of the molecule is COc1ccc(C(OC[C@]2(CO[Si](c3ccccc3)(c3ccccc3)C(C)(C)C)O[C@@H]3[C@@H](Oc4c(C)c(=O)[nH]c(=O)n43)[C@H]2O[Si](c2ccccc2)(c2ccccc2)C(C)(C)C)(c2ccccc2)c2ccc(OC)cc2)cc1. The van der Waals surface area contributed by atoms with Crippen LogP contribution in [0.3, 0.4) is 0 Å². The van der Waals surface area contributed by atoms with Gasteiger partial charge in [0.25, 0.3) is 22.2 Å². The number of H-pyrrole nitrogens is 1. The molecule has 0 amide bonds. The van der Waals surface area contributed by atoms with E-state index in [0.29, 0.717) is 11.5 Å². The predicted molar refractivity (Wildman–Crippen MR) is 308 cm³/mol. The van der Waals surface area contributed by atoms with Gasteiger partial charge < -0.3 is 32.5 Å². The molecule has 2 aliphatic heterocycles. The number of ether oxygens (including phenoxy) is 5. The second kappa shape index (κ2) is 21.0. The molecular weight excluding hydrogens is 997 g/mol. The van der Waals surface area contributed by atoms with Crippen LogP contribution in [0.5, 0.6) is 17.4 Å². The van der Waals surface area contributed by atoms with E-state index in [0.717, 1.165) is 37.4 Å². The molecule has 0 spiro atoms. The monoisotopic (exact) mass is 1060 g/mol. The highest BCUT2D eigenvalue weighted by molar-refractivity contribution is 7.00. The number of nitrogens with zero attached hydrogens (tertiary/aromatic N) is 1. The zero-order valence-electron chi connectivity index (χ0n) is 45.3. The molecule has 10 rings (SSSR count). The van der Waals surface area contributed by atoms with Gasteiger partial charge in [-0.1, -0.05) is 217 Å². The Kier molecular flexibility index (Phi) is 14.6. The molecule has 0 unspecified atom stereocenters. The number of aromatic nitrogens is 2.